The number of non-ortho nitro benzene ring substituents is 1. The normalized spacial score (nSPS) is 16.4. The number of anilines is 1. The number of H-pyrrole nitrogens is 1. The molecule has 0 amide bonds. The van der Waals surface area contributed by atoms with Gasteiger partial charge in [0.2, 0.25) is 0 Å². The smallest absolute Gasteiger partial charge is 0.270 e. The summed E-state index contributed by atoms with van der Waals surface area (Å²) in [4.78, 5) is 18.9. The molecule has 1 N–H and O–H groups in total. The molecule has 3 heterocycles. The predicted molar refractivity (Wildman–Crippen MR) is 124 cm³/mol. The van der Waals surface area contributed by atoms with Gasteiger partial charge in [-0.05, 0) is 49.6 Å². The number of fused-ring (bicyclic) bond motifs is 2. The lowest BCUT2D eigenvalue weighted by atomic mass is 10.1. The van der Waals surface area contributed by atoms with Crippen LogP contribution in [0.4, 0.5) is 11.4 Å². The van der Waals surface area contributed by atoms with Crippen molar-refractivity contribution >= 4 is 22.3 Å². The molecule has 0 atom stereocenters. The maximum Gasteiger partial charge on any atom is 0.270 e. The minimum Gasteiger partial charge on any atom is -0.486 e. The fourth-order valence-electron chi connectivity index (χ4n) is 4.60. The first-order chi connectivity index (χ1) is 15.7. The molecule has 8 heteroatoms. The summed E-state index contributed by atoms with van der Waals surface area (Å²) < 4.78 is 11.3. The van der Waals surface area contributed by atoms with Gasteiger partial charge in [-0.25, -0.2) is 0 Å². The average Bonchev–Trinajstić information content (AvgIpc) is 3.24. The topological polar surface area (TPSA) is 83.9 Å². The molecule has 1 aromatic heterocycles. The standard InChI is InChI=1S/C24H28N4O4/c29-28(30)20-4-6-22-21(15-20)18(17-25-22)3-1-2-8-26-9-11-27(12-10-26)19-5-7-23-24(16-19)32-14-13-31-23/h4-7,15-17,25H,1-3,8-14H2. The van der Waals surface area contributed by atoms with Crippen LogP contribution in [-0.2, 0) is 6.42 Å². The van der Waals surface area contributed by atoms with Crippen LogP contribution in [0.25, 0.3) is 10.9 Å². The molecule has 5 rings (SSSR count). The number of aryl methyl sites for hydroxylation is 1. The minimum absolute atomic E-state index is 0.147. The first kappa shape index (κ1) is 20.6. The molecule has 8 nitrogen and oxygen atoms in total. The Hall–Kier alpha value is -3.26. The van der Waals surface area contributed by atoms with Crippen molar-refractivity contribution < 1.29 is 14.4 Å². The highest BCUT2D eigenvalue weighted by Crippen LogP contribution is 2.34. The number of nitro benzene ring substituents is 1. The summed E-state index contributed by atoms with van der Waals surface area (Å²) in [7, 11) is 0. The van der Waals surface area contributed by atoms with Crippen LogP contribution in [0.3, 0.4) is 0 Å². The summed E-state index contributed by atoms with van der Waals surface area (Å²) in [6.45, 7) is 6.42. The Bertz CT molecular complexity index is 1100. The molecule has 0 radical (unpaired) electrons. The average molecular weight is 437 g/mol. The monoisotopic (exact) mass is 436 g/mol. The van der Waals surface area contributed by atoms with E-state index in [0.717, 1.165) is 80.0 Å². The van der Waals surface area contributed by atoms with E-state index >= 15 is 0 Å². The second kappa shape index (κ2) is 9.08. The van der Waals surface area contributed by atoms with Crippen molar-refractivity contribution in [1.29, 1.82) is 0 Å². The molecule has 0 spiro atoms. The molecule has 0 saturated carbocycles. The largest absolute Gasteiger partial charge is 0.486 e. The lowest BCUT2D eigenvalue weighted by Gasteiger charge is -2.36. The van der Waals surface area contributed by atoms with Crippen molar-refractivity contribution in [2.24, 2.45) is 0 Å². The molecule has 1 saturated heterocycles. The Balaban J connectivity index is 1.09. The molecule has 2 aliphatic heterocycles. The Morgan fingerprint density at radius 3 is 2.59 bits per heavy atom. The van der Waals surface area contributed by atoms with Gasteiger partial charge in [-0.1, -0.05) is 0 Å². The molecule has 2 aromatic carbocycles. The van der Waals surface area contributed by atoms with Gasteiger partial charge in [0.15, 0.2) is 11.5 Å². The summed E-state index contributed by atoms with van der Waals surface area (Å²) in [6.07, 6.45) is 5.10. The van der Waals surface area contributed by atoms with E-state index in [-0.39, 0.29) is 10.6 Å². The Morgan fingerprint density at radius 2 is 1.78 bits per heavy atom. The lowest BCUT2D eigenvalue weighted by molar-refractivity contribution is -0.384. The van der Waals surface area contributed by atoms with Gasteiger partial charge in [-0.2, -0.15) is 0 Å². The molecular formula is C24H28N4O4. The molecule has 0 aliphatic carbocycles. The van der Waals surface area contributed by atoms with Gasteiger partial charge < -0.3 is 19.4 Å². The van der Waals surface area contributed by atoms with Crippen molar-refractivity contribution in [2.45, 2.75) is 19.3 Å². The summed E-state index contributed by atoms with van der Waals surface area (Å²) >= 11 is 0. The van der Waals surface area contributed by atoms with E-state index in [9.17, 15) is 10.1 Å². The van der Waals surface area contributed by atoms with E-state index in [0.29, 0.717) is 13.2 Å². The highest BCUT2D eigenvalue weighted by molar-refractivity contribution is 5.85. The number of benzene rings is 2. The first-order valence-corrected chi connectivity index (χ1v) is 11.3. The van der Waals surface area contributed by atoms with Crippen LogP contribution >= 0.6 is 0 Å². The third-order valence-electron chi connectivity index (χ3n) is 6.40. The van der Waals surface area contributed by atoms with Gasteiger partial charge in [0.25, 0.3) is 5.69 Å². The van der Waals surface area contributed by atoms with Gasteiger partial charge in [0.05, 0.1) is 4.92 Å². The predicted octanol–water partition coefficient (Wildman–Crippen LogP) is 3.99. The summed E-state index contributed by atoms with van der Waals surface area (Å²) in [5, 5.41) is 12.0. The van der Waals surface area contributed by atoms with Crippen LogP contribution in [0.5, 0.6) is 11.5 Å². The third-order valence-corrected chi connectivity index (χ3v) is 6.40. The van der Waals surface area contributed by atoms with Crippen molar-refractivity contribution in [3.8, 4) is 11.5 Å². The van der Waals surface area contributed by atoms with E-state index in [1.54, 1.807) is 18.2 Å². The lowest BCUT2D eigenvalue weighted by Crippen LogP contribution is -2.46. The Labute approximate surface area is 186 Å². The van der Waals surface area contributed by atoms with Crippen LogP contribution in [0, 0.1) is 10.1 Å². The summed E-state index contributed by atoms with van der Waals surface area (Å²) in [5.74, 6) is 1.68. The molecule has 0 bridgehead atoms. The van der Waals surface area contributed by atoms with Crippen LogP contribution < -0.4 is 14.4 Å². The number of hydrogen-bond acceptors (Lipinski definition) is 6. The van der Waals surface area contributed by atoms with Gasteiger partial charge in [-0.3, -0.25) is 15.0 Å². The van der Waals surface area contributed by atoms with Crippen LogP contribution in [-0.4, -0.2) is 60.7 Å². The molecule has 2 aliphatic rings. The summed E-state index contributed by atoms with van der Waals surface area (Å²) in [5.41, 5.74) is 3.46. The zero-order valence-electron chi connectivity index (χ0n) is 18.1. The SMILES string of the molecule is O=[N+]([O-])c1ccc2[nH]cc(CCCCN3CCN(c4ccc5c(c4)OCCO5)CC3)c2c1. The quantitative estimate of drug-likeness (QED) is 0.343. The van der Waals surface area contributed by atoms with Gasteiger partial charge >= 0.3 is 0 Å². The fourth-order valence-corrected chi connectivity index (χ4v) is 4.60. The Kier molecular flexibility index (Phi) is 5.85. The zero-order chi connectivity index (χ0) is 21.9. The number of hydrogen-bond donors (Lipinski definition) is 1. The van der Waals surface area contributed by atoms with E-state index in [1.807, 2.05) is 12.3 Å². The number of rotatable bonds is 7. The first-order valence-electron chi connectivity index (χ1n) is 11.3. The second-order valence-electron chi connectivity index (χ2n) is 8.41. The number of aromatic nitrogens is 1. The van der Waals surface area contributed by atoms with Crippen molar-refractivity contribution in [2.75, 3.05) is 50.8 Å². The molecule has 1 fully saturated rings. The second-order valence-corrected chi connectivity index (χ2v) is 8.41. The van der Waals surface area contributed by atoms with E-state index in [2.05, 4.69) is 26.9 Å². The number of unbranched alkanes of at least 4 members (excludes halogenated alkanes) is 1. The maximum atomic E-state index is 11.1. The summed E-state index contributed by atoms with van der Waals surface area (Å²) in [6, 6.07) is 11.2. The van der Waals surface area contributed by atoms with Gasteiger partial charge in [0, 0.05) is 67.2 Å². The van der Waals surface area contributed by atoms with E-state index in [1.165, 1.54) is 5.69 Å². The highest BCUT2D eigenvalue weighted by Gasteiger charge is 2.19. The van der Waals surface area contributed by atoms with E-state index in [4.69, 9.17) is 9.47 Å². The van der Waals surface area contributed by atoms with Crippen molar-refractivity contribution in [3.05, 3.63) is 58.3 Å². The zero-order valence-corrected chi connectivity index (χ0v) is 18.1. The van der Waals surface area contributed by atoms with Gasteiger partial charge in [-0.15, -0.1) is 0 Å². The van der Waals surface area contributed by atoms with E-state index < -0.39 is 0 Å². The number of nitro groups is 1. The van der Waals surface area contributed by atoms with Crippen LogP contribution in [0.15, 0.2) is 42.6 Å². The van der Waals surface area contributed by atoms with Crippen LogP contribution in [0.2, 0.25) is 0 Å². The number of nitrogens with zero attached hydrogens (tertiary/aromatic N) is 3. The highest BCUT2D eigenvalue weighted by atomic mass is 16.6. The molecule has 168 valence electrons. The third kappa shape index (κ3) is 4.36. The fraction of sp³-hybridized carbons (Fsp3) is 0.417. The maximum absolute atomic E-state index is 11.1. The number of aromatic amines is 1. The van der Waals surface area contributed by atoms with Gasteiger partial charge in [0.1, 0.15) is 13.2 Å². The van der Waals surface area contributed by atoms with Crippen molar-refractivity contribution in [1.82, 2.24) is 9.88 Å². The minimum atomic E-state index is -0.333. The number of nitrogens with one attached hydrogen (secondary N) is 1. The molecular weight excluding hydrogens is 408 g/mol. The van der Waals surface area contributed by atoms with Crippen LogP contribution in [0.1, 0.15) is 18.4 Å². The number of ether oxygens (including phenoxy) is 2. The molecule has 32 heavy (non-hydrogen) atoms. The molecule has 0 unspecified atom stereocenters. The Morgan fingerprint density at radius 1 is 0.969 bits per heavy atom. The number of piperazine rings is 1. The molecule has 3 aromatic rings. The van der Waals surface area contributed by atoms with Crippen molar-refractivity contribution in [3.63, 3.8) is 0 Å².